The van der Waals surface area contributed by atoms with Crippen LogP contribution in [0.4, 0.5) is 30.7 Å². The maximum Gasteiger partial charge on any atom is 0.393 e. The van der Waals surface area contributed by atoms with Crippen LogP contribution >= 0.6 is 0 Å². The molecular formula is C17H12F7N5O. The van der Waals surface area contributed by atoms with Gasteiger partial charge in [-0.1, -0.05) is 6.07 Å². The third-order valence-corrected chi connectivity index (χ3v) is 4.23. The molecule has 30 heavy (non-hydrogen) atoms. The first-order chi connectivity index (χ1) is 13.9. The zero-order valence-corrected chi connectivity index (χ0v) is 14.8. The molecule has 0 aliphatic carbocycles. The highest BCUT2D eigenvalue weighted by molar-refractivity contribution is 5.31. The fraction of sp³-hybridized carbons (Fsp3) is 0.294. The summed E-state index contributed by atoms with van der Waals surface area (Å²) in [5, 5.41) is 20.7. The lowest BCUT2D eigenvalue weighted by molar-refractivity contribution is -0.207. The summed E-state index contributed by atoms with van der Waals surface area (Å²) in [6.45, 7) is -1.07. The van der Waals surface area contributed by atoms with E-state index in [2.05, 4.69) is 20.5 Å². The molecule has 0 saturated carbocycles. The van der Waals surface area contributed by atoms with Crippen LogP contribution in [0.15, 0.2) is 42.9 Å². The molecule has 1 aromatic carbocycles. The molecule has 3 aromatic rings. The van der Waals surface area contributed by atoms with Gasteiger partial charge in [0.15, 0.2) is 5.60 Å². The minimum absolute atomic E-state index is 0.301. The van der Waals surface area contributed by atoms with Crippen molar-refractivity contribution >= 4 is 0 Å². The van der Waals surface area contributed by atoms with Crippen molar-refractivity contribution in [3.05, 3.63) is 71.3 Å². The molecule has 0 amide bonds. The molecule has 0 saturated heterocycles. The molecule has 1 unspecified atom stereocenters. The molecule has 0 fully saturated rings. The molecule has 3 rings (SSSR count). The Morgan fingerprint density at radius 2 is 1.73 bits per heavy atom. The van der Waals surface area contributed by atoms with E-state index in [9.17, 15) is 27.1 Å². The Kier molecular flexibility index (Phi) is 5.50. The summed E-state index contributed by atoms with van der Waals surface area (Å²) in [4.78, 5) is 3.34. The van der Waals surface area contributed by atoms with Crippen LogP contribution in [-0.2, 0) is 24.5 Å². The van der Waals surface area contributed by atoms with Gasteiger partial charge in [0.1, 0.15) is 23.7 Å². The molecule has 13 heteroatoms. The van der Waals surface area contributed by atoms with Crippen molar-refractivity contribution < 1.29 is 35.8 Å². The first-order valence-electron chi connectivity index (χ1n) is 8.21. The number of halogens is 7. The van der Waals surface area contributed by atoms with Crippen molar-refractivity contribution in [3.63, 3.8) is 0 Å². The van der Waals surface area contributed by atoms with Crippen LogP contribution in [0.1, 0.15) is 16.8 Å². The average Bonchev–Trinajstić information content (AvgIpc) is 3.13. The normalized spacial score (nSPS) is 14.5. The summed E-state index contributed by atoms with van der Waals surface area (Å²) in [5.74, 6) is -6.88. The predicted molar refractivity (Wildman–Crippen MR) is 86.0 cm³/mol. The fourth-order valence-corrected chi connectivity index (χ4v) is 2.82. The van der Waals surface area contributed by atoms with E-state index in [1.54, 1.807) is 0 Å². The van der Waals surface area contributed by atoms with Gasteiger partial charge in [-0.25, -0.2) is 13.5 Å². The topological polar surface area (TPSA) is 76.7 Å². The van der Waals surface area contributed by atoms with Gasteiger partial charge in [0.25, 0.3) is 0 Å². The SMILES string of the molecule is OC(Cn1cnnn1)(c1ccc(F)cc1F)C(F)(F)c1ccc(CC(F)(F)F)cn1. The van der Waals surface area contributed by atoms with Crippen molar-refractivity contribution in [1.29, 1.82) is 0 Å². The minimum atomic E-state index is -4.58. The second kappa shape index (κ2) is 7.63. The third kappa shape index (κ3) is 4.25. The highest BCUT2D eigenvalue weighted by atomic mass is 19.4. The van der Waals surface area contributed by atoms with Crippen LogP contribution in [0, 0.1) is 11.6 Å². The summed E-state index contributed by atoms with van der Waals surface area (Å²) in [6, 6.07) is 2.95. The van der Waals surface area contributed by atoms with E-state index in [0.717, 1.165) is 12.4 Å². The molecule has 1 atom stereocenters. The Morgan fingerprint density at radius 3 is 2.27 bits per heavy atom. The van der Waals surface area contributed by atoms with Crippen LogP contribution in [0.25, 0.3) is 0 Å². The van der Waals surface area contributed by atoms with Crippen LogP contribution in [-0.4, -0.2) is 36.5 Å². The van der Waals surface area contributed by atoms with Crippen LogP contribution in [0.5, 0.6) is 0 Å². The second-order valence-electron chi connectivity index (χ2n) is 6.41. The van der Waals surface area contributed by atoms with Crippen molar-refractivity contribution in [2.75, 3.05) is 0 Å². The van der Waals surface area contributed by atoms with Crippen molar-refractivity contribution in [1.82, 2.24) is 25.2 Å². The Bertz CT molecular complexity index is 1010. The Hall–Kier alpha value is -3.09. The summed E-state index contributed by atoms with van der Waals surface area (Å²) in [5.41, 5.74) is -5.86. The molecule has 160 valence electrons. The molecule has 0 aliphatic rings. The van der Waals surface area contributed by atoms with Crippen molar-refractivity contribution in [3.8, 4) is 0 Å². The zero-order valence-electron chi connectivity index (χ0n) is 14.8. The first kappa shape index (κ1) is 21.6. The van der Waals surface area contributed by atoms with E-state index in [4.69, 9.17) is 0 Å². The number of benzene rings is 1. The van der Waals surface area contributed by atoms with Crippen molar-refractivity contribution in [2.45, 2.75) is 30.7 Å². The molecule has 1 N–H and O–H groups in total. The maximum absolute atomic E-state index is 15.4. The van der Waals surface area contributed by atoms with E-state index < -0.39 is 53.6 Å². The smallest absolute Gasteiger partial charge is 0.377 e. The Balaban J connectivity index is 2.07. The van der Waals surface area contributed by atoms with Crippen LogP contribution < -0.4 is 0 Å². The fourth-order valence-electron chi connectivity index (χ4n) is 2.82. The third-order valence-electron chi connectivity index (χ3n) is 4.23. The first-order valence-corrected chi connectivity index (χ1v) is 8.21. The number of hydrogen-bond acceptors (Lipinski definition) is 5. The lowest BCUT2D eigenvalue weighted by atomic mass is 9.84. The molecule has 0 aliphatic heterocycles. The molecule has 0 radical (unpaired) electrons. The van der Waals surface area contributed by atoms with Gasteiger partial charge in [-0.3, -0.25) is 4.98 Å². The van der Waals surface area contributed by atoms with Gasteiger partial charge in [0, 0.05) is 17.8 Å². The summed E-state index contributed by atoms with van der Waals surface area (Å²) in [7, 11) is 0. The number of nitrogens with zero attached hydrogens (tertiary/aromatic N) is 5. The van der Waals surface area contributed by atoms with Gasteiger partial charge >= 0.3 is 12.1 Å². The lowest BCUT2D eigenvalue weighted by Crippen LogP contribution is -2.48. The van der Waals surface area contributed by atoms with Gasteiger partial charge in [-0.15, -0.1) is 5.10 Å². The summed E-state index contributed by atoms with van der Waals surface area (Å²) >= 11 is 0. The molecule has 0 bridgehead atoms. The molecule has 0 spiro atoms. The maximum atomic E-state index is 15.4. The molecular weight excluding hydrogens is 423 g/mol. The highest BCUT2D eigenvalue weighted by Crippen LogP contribution is 2.46. The van der Waals surface area contributed by atoms with Crippen molar-refractivity contribution in [2.24, 2.45) is 0 Å². The summed E-state index contributed by atoms with van der Waals surface area (Å²) in [6.07, 6.45) is -4.52. The number of alkyl halides is 5. The van der Waals surface area contributed by atoms with Crippen LogP contribution in [0.3, 0.4) is 0 Å². The molecule has 2 heterocycles. The van der Waals surface area contributed by atoms with Gasteiger partial charge in [0.05, 0.1) is 13.0 Å². The second-order valence-corrected chi connectivity index (χ2v) is 6.41. The molecule has 2 aromatic heterocycles. The highest BCUT2D eigenvalue weighted by Gasteiger charge is 2.58. The number of aliphatic hydroxyl groups is 1. The van der Waals surface area contributed by atoms with Gasteiger partial charge < -0.3 is 5.11 Å². The summed E-state index contributed by atoms with van der Waals surface area (Å²) < 4.78 is 96.4. The number of tetrazole rings is 1. The lowest BCUT2D eigenvalue weighted by Gasteiger charge is -2.35. The number of rotatable bonds is 6. The monoisotopic (exact) mass is 435 g/mol. The molecule has 6 nitrogen and oxygen atoms in total. The van der Waals surface area contributed by atoms with Gasteiger partial charge in [0.2, 0.25) is 0 Å². The van der Waals surface area contributed by atoms with E-state index in [1.807, 2.05) is 0 Å². The number of hydrogen-bond donors (Lipinski definition) is 1. The van der Waals surface area contributed by atoms with Crippen LogP contribution in [0.2, 0.25) is 0 Å². The van der Waals surface area contributed by atoms with E-state index in [0.29, 0.717) is 35.1 Å². The van der Waals surface area contributed by atoms with Gasteiger partial charge in [-0.05, 0) is 34.2 Å². The average molecular weight is 435 g/mol. The van der Waals surface area contributed by atoms with Gasteiger partial charge in [-0.2, -0.15) is 22.0 Å². The predicted octanol–water partition coefficient (Wildman–Crippen LogP) is 3.13. The number of aromatic nitrogens is 5. The zero-order chi connectivity index (χ0) is 22.2. The Morgan fingerprint density at radius 1 is 1.00 bits per heavy atom. The number of pyridine rings is 1. The minimum Gasteiger partial charge on any atom is -0.377 e. The quantitative estimate of drug-likeness (QED) is 0.603. The van der Waals surface area contributed by atoms with E-state index in [-0.39, 0.29) is 5.56 Å². The Labute approximate surface area is 164 Å². The standard InChI is InChI=1S/C17H12F7N5O/c18-11-2-3-12(13(19)5-11)15(30,8-29-9-26-27-28-29)17(23,24)14-4-1-10(7-25-14)6-16(20,21)22/h1-5,7,9,30H,6,8H2. The largest absolute Gasteiger partial charge is 0.393 e. The van der Waals surface area contributed by atoms with E-state index in [1.165, 1.54) is 0 Å². The van der Waals surface area contributed by atoms with E-state index >= 15 is 8.78 Å².